The Morgan fingerprint density at radius 2 is 1.90 bits per heavy atom. The van der Waals surface area contributed by atoms with Crippen molar-refractivity contribution >= 4 is 28.2 Å². The fraction of sp³-hybridized carbons (Fsp3) is 0.406. The standard InChI is InChI=1S/C32H37N5O3/c1-3-30(39)35-13-15-36(16-14-35)31-27-11-12-37(29-19-25(38)18-24-9-4-5-10-26(24)29)20-28(27)33-32(34-31)40-21-23-8-6-7-22(2)17-23/h3-5,9-10,18-19,23,38H,1-2,6-8,11-17,20-21H2/t23-/m0/s1. The summed E-state index contributed by atoms with van der Waals surface area (Å²) in [6, 6.07) is 12.2. The molecule has 8 heteroatoms. The molecule has 0 unspecified atom stereocenters. The summed E-state index contributed by atoms with van der Waals surface area (Å²) in [6.45, 7) is 12.5. The topological polar surface area (TPSA) is 82.0 Å². The van der Waals surface area contributed by atoms with Gasteiger partial charge in [-0.3, -0.25) is 4.79 Å². The number of allylic oxidation sites excluding steroid dienone is 1. The minimum Gasteiger partial charge on any atom is -0.508 e. The predicted molar refractivity (Wildman–Crippen MR) is 158 cm³/mol. The number of nitrogens with zero attached hydrogens (tertiary/aromatic N) is 5. The maximum Gasteiger partial charge on any atom is 0.318 e. The number of piperazine rings is 1. The molecule has 0 spiro atoms. The minimum absolute atomic E-state index is 0.0311. The summed E-state index contributed by atoms with van der Waals surface area (Å²) in [5, 5.41) is 12.6. The highest BCUT2D eigenvalue weighted by molar-refractivity contribution is 5.95. The molecule has 8 nitrogen and oxygen atoms in total. The third-order valence-electron chi connectivity index (χ3n) is 8.42. The van der Waals surface area contributed by atoms with Crippen molar-refractivity contribution in [3.05, 3.63) is 72.5 Å². The first-order valence-corrected chi connectivity index (χ1v) is 14.3. The number of fused-ring (bicyclic) bond motifs is 2. The largest absolute Gasteiger partial charge is 0.508 e. The number of hydrogen-bond donors (Lipinski definition) is 1. The van der Waals surface area contributed by atoms with Crippen LogP contribution in [0.3, 0.4) is 0 Å². The number of ether oxygens (including phenoxy) is 1. The van der Waals surface area contributed by atoms with Crippen LogP contribution in [0.2, 0.25) is 0 Å². The van der Waals surface area contributed by atoms with E-state index in [-0.39, 0.29) is 11.7 Å². The molecule has 2 fully saturated rings. The number of rotatable bonds is 6. The molecule has 2 aromatic carbocycles. The maximum absolute atomic E-state index is 12.2. The molecule has 0 bridgehead atoms. The smallest absolute Gasteiger partial charge is 0.318 e. The van der Waals surface area contributed by atoms with Gasteiger partial charge in [-0.1, -0.05) is 43.0 Å². The zero-order valence-electron chi connectivity index (χ0n) is 23.0. The minimum atomic E-state index is -0.0311. The second kappa shape index (κ2) is 11.2. The van der Waals surface area contributed by atoms with Crippen molar-refractivity contribution in [1.29, 1.82) is 0 Å². The number of aromatic nitrogens is 2. The summed E-state index contributed by atoms with van der Waals surface area (Å²) in [4.78, 5) is 28.4. The Kier molecular flexibility index (Phi) is 7.32. The number of carbonyl (C=O) groups is 1. The lowest BCUT2D eigenvalue weighted by atomic mass is 9.87. The summed E-state index contributed by atoms with van der Waals surface area (Å²) in [6.07, 6.45) is 6.56. The highest BCUT2D eigenvalue weighted by atomic mass is 16.5. The van der Waals surface area contributed by atoms with Gasteiger partial charge in [0.05, 0.1) is 18.8 Å². The summed E-state index contributed by atoms with van der Waals surface area (Å²) < 4.78 is 6.27. The average molecular weight is 540 g/mol. The molecule has 1 aromatic heterocycles. The molecule has 1 atom stereocenters. The summed E-state index contributed by atoms with van der Waals surface area (Å²) in [5.74, 6) is 1.58. The molecule has 3 aliphatic rings. The highest BCUT2D eigenvalue weighted by Gasteiger charge is 2.29. The van der Waals surface area contributed by atoms with Gasteiger partial charge in [0, 0.05) is 55.4 Å². The number of hydrogen-bond acceptors (Lipinski definition) is 7. The summed E-state index contributed by atoms with van der Waals surface area (Å²) >= 11 is 0. The number of phenolic OH excluding ortho intramolecular Hbond substituents is 1. The van der Waals surface area contributed by atoms with Crippen LogP contribution in [0.5, 0.6) is 11.8 Å². The van der Waals surface area contributed by atoms with Crippen molar-refractivity contribution in [2.24, 2.45) is 5.92 Å². The number of benzene rings is 2. The van der Waals surface area contributed by atoms with Crippen LogP contribution in [0, 0.1) is 5.92 Å². The van der Waals surface area contributed by atoms with Gasteiger partial charge < -0.3 is 24.5 Å². The summed E-state index contributed by atoms with van der Waals surface area (Å²) in [7, 11) is 0. The third-order valence-corrected chi connectivity index (χ3v) is 8.42. The van der Waals surface area contributed by atoms with Gasteiger partial charge in [-0.25, -0.2) is 0 Å². The fourth-order valence-corrected chi connectivity index (χ4v) is 6.31. The lowest BCUT2D eigenvalue weighted by molar-refractivity contribution is -0.126. The third kappa shape index (κ3) is 5.35. The van der Waals surface area contributed by atoms with E-state index in [1.165, 1.54) is 11.6 Å². The quantitative estimate of drug-likeness (QED) is 0.354. The van der Waals surface area contributed by atoms with Crippen LogP contribution >= 0.6 is 0 Å². The van der Waals surface area contributed by atoms with Crippen molar-refractivity contribution in [3.8, 4) is 11.8 Å². The van der Waals surface area contributed by atoms with Gasteiger partial charge in [0.1, 0.15) is 11.6 Å². The van der Waals surface area contributed by atoms with E-state index in [2.05, 4.69) is 29.0 Å². The van der Waals surface area contributed by atoms with Crippen LogP contribution in [0.25, 0.3) is 10.8 Å². The normalized spacial score (nSPS) is 19.4. The number of carbonyl (C=O) groups excluding carboxylic acids is 1. The van der Waals surface area contributed by atoms with E-state index in [4.69, 9.17) is 14.7 Å². The molecule has 1 amide bonds. The van der Waals surface area contributed by atoms with Crippen molar-refractivity contribution < 1.29 is 14.6 Å². The highest BCUT2D eigenvalue weighted by Crippen LogP contribution is 2.36. The van der Waals surface area contributed by atoms with Crippen molar-refractivity contribution in [2.75, 3.05) is 49.1 Å². The van der Waals surface area contributed by atoms with E-state index in [9.17, 15) is 9.90 Å². The number of phenols is 1. The van der Waals surface area contributed by atoms with Gasteiger partial charge in [0.2, 0.25) is 5.91 Å². The molecule has 1 saturated heterocycles. The Morgan fingerprint density at radius 1 is 1.07 bits per heavy atom. The molecule has 2 aliphatic heterocycles. The van der Waals surface area contributed by atoms with Crippen molar-refractivity contribution in [3.63, 3.8) is 0 Å². The molecule has 1 aliphatic carbocycles. The molecule has 1 saturated carbocycles. The van der Waals surface area contributed by atoms with E-state index >= 15 is 0 Å². The van der Waals surface area contributed by atoms with E-state index in [0.717, 1.165) is 72.2 Å². The lowest BCUT2D eigenvalue weighted by Gasteiger charge is -2.38. The van der Waals surface area contributed by atoms with E-state index in [0.29, 0.717) is 51.3 Å². The summed E-state index contributed by atoms with van der Waals surface area (Å²) in [5.41, 5.74) is 4.40. The first-order valence-electron chi connectivity index (χ1n) is 14.3. The molecule has 6 rings (SSSR count). The average Bonchev–Trinajstić information content (AvgIpc) is 2.98. The molecule has 3 heterocycles. The van der Waals surface area contributed by atoms with Gasteiger partial charge in [-0.2, -0.15) is 9.97 Å². The van der Waals surface area contributed by atoms with Gasteiger partial charge >= 0.3 is 6.01 Å². The number of amides is 1. The first-order chi connectivity index (χ1) is 19.5. The second-order valence-electron chi connectivity index (χ2n) is 11.2. The Hall–Kier alpha value is -4.07. The van der Waals surface area contributed by atoms with Crippen LogP contribution in [0.4, 0.5) is 11.5 Å². The van der Waals surface area contributed by atoms with Gasteiger partial charge in [0.15, 0.2) is 0 Å². The number of anilines is 2. The second-order valence-corrected chi connectivity index (χ2v) is 11.2. The SMILES string of the molecule is C=CC(=O)N1CCN(c2nc(OC[C@H]3CCCC(=C)C3)nc3c2CCN(c2cc(O)cc4ccccc24)C3)CC1. The fourth-order valence-electron chi connectivity index (χ4n) is 6.31. The van der Waals surface area contributed by atoms with Crippen molar-refractivity contribution in [2.45, 2.75) is 38.6 Å². The molecular weight excluding hydrogens is 502 g/mol. The number of aromatic hydroxyl groups is 1. The Labute approximate surface area is 235 Å². The monoisotopic (exact) mass is 539 g/mol. The van der Waals surface area contributed by atoms with Gasteiger partial charge in [-0.15, -0.1) is 0 Å². The first kappa shape index (κ1) is 26.2. The van der Waals surface area contributed by atoms with E-state index < -0.39 is 0 Å². The molecule has 208 valence electrons. The van der Waals surface area contributed by atoms with E-state index in [1.807, 2.05) is 29.2 Å². The van der Waals surface area contributed by atoms with Crippen LogP contribution in [0.1, 0.15) is 36.9 Å². The maximum atomic E-state index is 12.2. The Morgan fingerprint density at radius 3 is 2.70 bits per heavy atom. The molecule has 1 N–H and O–H groups in total. The molecule has 3 aromatic rings. The zero-order chi connectivity index (χ0) is 27.6. The van der Waals surface area contributed by atoms with Crippen LogP contribution in [0.15, 0.2) is 61.2 Å². The molecule has 0 radical (unpaired) electrons. The molecular formula is C32H37N5O3. The van der Waals surface area contributed by atoms with Crippen molar-refractivity contribution in [1.82, 2.24) is 14.9 Å². The van der Waals surface area contributed by atoms with Gasteiger partial charge in [-0.05, 0) is 55.6 Å². The van der Waals surface area contributed by atoms with Crippen LogP contribution in [-0.2, 0) is 17.8 Å². The van der Waals surface area contributed by atoms with E-state index in [1.54, 1.807) is 6.07 Å². The Bertz CT molecular complexity index is 1450. The predicted octanol–water partition coefficient (Wildman–Crippen LogP) is 4.86. The van der Waals surface area contributed by atoms with Crippen LogP contribution < -0.4 is 14.5 Å². The van der Waals surface area contributed by atoms with Gasteiger partial charge in [0.25, 0.3) is 0 Å². The zero-order valence-corrected chi connectivity index (χ0v) is 23.0. The molecule has 40 heavy (non-hydrogen) atoms. The Balaban J connectivity index is 1.30. The van der Waals surface area contributed by atoms with Crippen LogP contribution in [-0.4, -0.2) is 65.2 Å². The lowest BCUT2D eigenvalue weighted by Crippen LogP contribution is -2.49.